The Bertz CT molecular complexity index is 359. The number of hydrogen-bond donors (Lipinski definition) is 1. The number of hydrogen-bond acceptors (Lipinski definition) is 2. The average Bonchev–Trinajstić information content (AvgIpc) is 2.20. The Kier molecular flexibility index (Phi) is 5.78. The molecule has 0 unspecified atom stereocenters. The summed E-state index contributed by atoms with van der Waals surface area (Å²) in [5, 5.41) is 3.37. The molecule has 0 radical (unpaired) electrons. The Morgan fingerprint density at radius 2 is 2.33 bits per heavy atom. The van der Waals surface area contributed by atoms with Gasteiger partial charge in [-0.3, -0.25) is 4.79 Å². The molecule has 1 aromatic rings. The molecule has 0 aliphatic rings. The van der Waals surface area contributed by atoms with Crippen molar-refractivity contribution < 1.29 is 4.79 Å². The molecule has 1 N–H and O–H groups in total. The van der Waals surface area contributed by atoms with E-state index in [-0.39, 0.29) is 5.91 Å². The van der Waals surface area contributed by atoms with Gasteiger partial charge in [0.1, 0.15) is 0 Å². The maximum absolute atomic E-state index is 11.4. The largest absolute Gasteiger partial charge is 0.325 e. The lowest BCUT2D eigenvalue weighted by Gasteiger charge is -2.07. The highest BCUT2D eigenvalue weighted by atomic mass is 127. The van der Waals surface area contributed by atoms with Crippen LogP contribution < -0.4 is 5.32 Å². The first kappa shape index (κ1) is 13.1. The molecule has 0 fully saturated rings. The van der Waals surface area contributed by atoms with Crippen LogP contribution >= 0.6 is 46.0 Å². The zero-order valence-electron chi connectivity index (χ0n) is 8.22. The van der Waals surface area contributed by atoms with Crippen molar-refractivity contribution >= 4 is 57.5 Å². The molecular formula is C10H11ClINOS. The van der Waals surface area contributed by atoms with Crippen LogP contribution in [0.1, 0.15) is 6.42 Å². The fraction of sp³-hybridized carbons (Fsp3) is 0.300. The summed E-state index contributed by atoms with van der Waals surface area (Å²) in [7, 11) is 0. The maximum atomic E-state index is 11.4. The first-order valence-electron chi connectivity index (χ1n) is 4.37. The first-order chi connectivity index (χ1) is 7.13. The van der Waals surface area contributed by atoms with Gasteiger partial charge in [-0.05, 0) is 47.0 Å². The number of carbonyl (C=O) groups is 1. The van der Waals surface area contributed by atoms with Gasteiger partial charge in [0.25, 0.3) is 0 Å². The van der Waals surface area contributed by atoms with Crippen LogP contribution in [0.2, 0.25) is 5.02 Å². The third-order valence-corrected chi connectivity index (χ3v) is 3.35. The number of amides is 1. The third-order valence-electron chi connectivity index (χ3n) is 1.74. The molecule has 1 amide bonds. The molecule has 0 bridgehead atoms. The first-order valence-corrected chi connectivity index (χ1v) is 7.22. The van der Waals surface area contributed by atoms with Gasteiger partial charge in [0, 0.05) is 15.7 Å². The highest BCUT2D eigenvalue weighted by Gasteiger charge is 2.05. The number of nitrogens with one attached hydrogen (secondary N) is 1. The van der Waals surface area contributed by atoms with E-state index in [9.17, 15) is 4.79 Å². The van der Waals surface area contributed by atoms with E-state index in [0.29, 0.717) is 17.1 Å². The minimum Gasteiger partial charge on any atom is -0.325 e. The summed E-state index contributed by atoms with van der Waals surface area (Å²) in [6.45, 7) is 0. The van der Waals surface area contributed by atoms with Gasteiger partial charge in [0.05, 0.1) is 10.7 Å². The van der Waals surface area contributed by atoms with Gasteiger partial charge in [0.15, 0.2) is 0 Å². The molecule has 1 rings (SSSR count). The van der Waals surface area contributed by atoms with E-state index in [4.69, 9.17) is 11.6 Å². The van der Waals surface area contributed by atoms with E-state index in [2.05, 4.69) is 27.9 Å². The predicted molar refractivity (Wildman–Crippen MR) is 75.8 cm³/mol. The minimum atomic E-state index is 0.00764. The van der Waals surface area contributed by atoms with Crippen LogP contribution in [-0.2, 0) is 4.79 Å². The van der Waals surface area contributed by atoms with Crippen LogP contribution in [0.3, 0.4) is 0 Å². The summed E-state index contributed by atoms with van der Waals surface area (Å²) >= 11 is 9.79. The topological polar surface area (TPSA) is 29.1 Å². The van der Waals surface area contributed by atoms with E-state index in [1.807, 2.05) is 18.4 Å². The highest BCUT2D eigenvalue weighted by Crippen LogP contribution is 2.23. The van der Waals surface area contributed by atoms with Gasteiger partial charge in [-0.2, -0.15) is 11.8 Å². The van der Waals surface area contributed by atoms with E-state index in [1.54, 1.807) is 17.8 Å². The second-order valence-electron chi connectivity index (χ2n) is 2.92. The van der Waals surface area contributed by atoms with Gasteiger partial charge < -0.3 is 5.32 Å². The van der Waals surface area contributed by atoms with Crippen molar-refractivity contribution in [2.45, 2.75) is 6.42 Å². The smallest absolute Gasteiger partial charge is 0.225 e. The van der Waals surface area contributed by atoms with E-state index in [0.717, 1.165) is 9.32 Å². The van der Waals surface area contributed by atoms with Crippen molar-refractivity contribution in [1.82, 2.24) is 0 Å². The quantitative estimate of drug-likeness (QED) is 0.836. The molecule has 82 valence electrons. The Morgan fingerprint density at radius 1 is 1.60 bits per heavy atom. The molecule has 0 aromatic heterocycles. The lowest BCUT2D eigenvalue weighted by molar-refractivity contribution is -0.115. The molecular weight excluding hydrogens is 345 g/mol. The maximum Gasteiger partial charge on any atom is 0.225 e. The van der Waals surface area contributed by atoms with Gasteiger partial charge in [-0.25, -0.2) is 0 Å². The molecule has 0 aliphatic heterocycles. The Balaban J connectivity index is 2.63. The van der Waals surface area contributed by atoms with Crippen molar-refractivity contribution in [2.75, 3.05) is 17.3 Å². The van der Waals surface area contributed by atoms with Gasteiger partial charge in [-0.15, -0.1) is 0 Å². The van der Waals surface area contributed by atoms with E-state index in [1.165, 1.54) is 0 Å². The zero-order chi connectivity index (χ0) is 11.3. The SMILES string of the molecule is CSCCC(=O)Nc1cc(I)ccc1Cl. The summed E-state index contributed by atoms with van der Waals surface area (Å²) in [4.78, 5) is 11.4. The number of benzene rings is 1. The summed E-state index contributed by atoms with van der Waals surface area (Å²) < 4.78 is 1.05. The molecule has 0 aliphatic carbocycles. The van der Waals surface area contributed by atoms with Gasteiger partial charge >= 0.3 is 0 Å². The van der Waals surface area contributed by atoms with Crippen LogP contribution in [0, 0.1) is 3.57 Å². The molecule has 0 saturated carbocycles. The highest BCUT2D eigenvalue weighted by molar-refractivity contribution is 14.1. The second kappa shape index (κ2) is 6.60. The van der Waals surface area contributed by atoms with Crippen molar-refractivity contribution in [2.24, 2.45) is 0 Å². The zero-order valence-corrected chi connectivity index (χ0v) is 11.9. The number of thioether (sulfide) groups is 1. The molecule has 0 atom stereocenters. The van der Waals surface area contributed by atoms with Crippen molar-refractivity contribution in [3.05, 3.63) is 26.8 Å². The third kappa shape index (κ3) is 4.61. The van der Waals surface area contributed by atoms with Crippen LogP contribution in [-0.4, -0.2) is 17.9 Å². The molecule has 5 heteroatoms. The molecule has 15 heavy (non-hydrogen) atoms. The fourth-order valence-corrected chi connectivity index (χ4v) is 2.05. The van der Waals surface area contributed by atoms with Crippen LogP contribution in [0.15, 0.2) is 18.2 Å². The Hall–Kier alpha value is 0.0600. The van der Waals surface area contributed by atoms with Gasteiger partial charge in [-0.1, -0.05) is 11.6 Å². The molecule has 0 saturated heterocycles. The predicted octanol–water partition coefficient (Wildman–Crippen LogP) is 3.64. The molecule has 0 heterocycles. The monoisotopic (exact) mass is 355 g/mol. The van der Waals surface area contributed by atoms with Crippen molar-refractivity contribution in [3.8, 4) is 0 Å². The molecule has 1 aromatic carbocycles. The second-order valence-corrected chi connectivity index (χ2v) is 5.55. The van der Waals surface area contributed by atoms with E-state index < -0.39 is 0 Å². The lowest BCUT2D eigenvalue weighted by Crippen LogP contribution is -2.12. The summed E-state index contributed by atoms with van der Waals surface area (Å²) in [5.41, 5.74) is 0.690. The van der Waals surface area contributed by atoms with E-state index >= 15 is 0 Å². The number of halogens is 2. The van der Waals surface area contributed by atoms with Crippen LogP contribution in [0.5, 0.6) is 0 Å². The summed E-state index contributed by atoms with van der Waals surface area (Å²) in [6, 6.07) is 5.55. The van der Waals surface area contributed by atoms with Crippen molar-refractivity contribution in [1.29, 1.82) is 0 Å². The van der Waals surface area contributed by atoms with Gasteiger partial charge in [0.2, 0.25) is 5.91 Å². The lowest BCUT2D eigenvalue weighted by atomic mass is 10.3. The standard InChI is InChI=1S/C10H11ClINOS/c1-15-5-4-10(14)13-9-6-7(12)2-3-8(9)11/h2-3,6H,4-5H2,1H3,(H,13,14). The molecule has 0 spiro atoms. The number of rotatable bonds is 4. The van der Waals surface area contributed by atoms with Crippen LogP contribution in [0.4, 0.5) is 5.69 Å². The number of anilines is 1. The Morgan fingerprint density at radius 3 is 3.00 bits per heavy atom. The number of carbonyl (C=O) groups excluding carboxylic acids is 1. The van der Waals surface area contributed by atoms with Crippen LogP contribution in [0.25, 0.3) is 0 Å². The summed E-state index contributed by atoms with van der Waals surface area (Å²) in [6.07, 6.45) is 2.49. The fourth-order valence-electron chi connectivity index (χ4n) is 1.00. The molecule has 2 nitrogen and oxygen atoms in total. The summed E-state index contributed by atoms with van der Waals surface area (Å²) in [5.74, 6) is 0.834. The minimum absolute atomic E-state index is 0.00764. The normalized spacial score (nSPS) is 10.1. The average molecular weight is 356 g/mol. The van der Waals surface area contributed by atoms with Crippen molar-refractivity contribution in [3.63, 3.8) is 0 Å². The Labute approximate surface area is 112 Å².